The number of ether oxygens (including phenoxy) is 1. The minimum Gasteiger partial charge on any atom is -0.497 e. The van der Waals surface area contributed by atoms with Crippen LogP contribution < -0.4 is 4.74 Å². The van der Waals surface area contributed by atoms with Gasteiger partial charge in [-0.1, -0.05) is 12.1 Å². The van der Waals surface area contributed by atoms with Gasteiger partial charge in [0, 0.05) is 23.0 Å². The Kier molecular flexibility index (Phi) is 3.80. The smallest absolute Gasteiger partial charge is 0.118 e. The number of thiol groups is 1. The van der Waals surface area contributed by atoms with Gasteiger partial charge in [0.25, 0.3) is 0 Å². The molecule has 0 N–H and O–H groups in total. The first kappa shape index (κ1) is 13.0. The second-order valence-electron chi connectivity index (χ2n) is 4.87. The van der Waals surface area contributed by atoms with Crippen LogP contribution in [0.15, 0.2) is 24.3 Å². The van der Waals surface area contributed by atoms with Crippen LogP contribution in [0.4, 0.5) is 0 Å². The Bertz CT molecular complexity index is 558. The van der Waals surface area contributed by atoms with Gasteiger partial charge in [-0.2, -0.15) is 12.6 Å². The van der Waals surface area contributed by atoms with Crippen LogP contribution in [0.25, 0.3) is 0 Å². The summed E-state index contributed by atoms with van der Waals surface area (Å²) in [7, 11) is 1.69. The zero-order chi connectivity index (χ0) is 13.2. The highest BCUT2D eigenvalue weighted by Crippen LogP contribution is 2.43. The number of nitrogens with zero attached hydrogens (tertiary/aromatic N) is 1. The van der Waals surface area contributed by atoms with Crippen LogP contribution in [-0.4, -0.2) is 12.1 Å². The van der Waals surface area contributed by atoms with Gasteiger partial charge >= 0.3 is 0 Å². The van der Waals surface area contributed by atoms with Gasteiger partial charge in [-0.15, -0.1) is 11.3 Å². The van der Waals surface area contributed by atoms with Crippen molar-refractivity contribution in [3.63, 3.8) is 0 Å². The first-order valence-corrected chi connectivity index (χ1v) is 7.97. The number of thiazole rings is 1. The second-order valence-corrected chi connectivity index (χ2v) is 6.36. The Balaban J connectivity index is 1.78. The number of hydrogen-bond acceptors (Lipinski definition) is 4. The standard InChI is InChI=1S/C15H17NOS2/c1-17-12-6-2-10(3-7-12)8-14-16-15(11-4-5-11)13(9-18)19-14/h2-3,6-7,11,18H,4-5,8-9H2,1H3. The normalized spacial score (nSPS) is 14.6. The van der Waals surface area contributed by atoms with E-state index in [0.717, 1.165) is 17.9 Å². The quantitative estimate of drug-likeness (QED) is 0.840. The molecule has 1 saturated carbocycles. The van der Waals surface area contributed by atoms with E-state index in [-0.39, 0.29) is 0 Å². The fourth-order valence-corrected chi connectivity index (χ4v) is 3.60. The number of rotatable bonds is 5. The van der Waals surface area contributed by atoms with Gasteiger partial charge in [0.1, 0.15) is 5.75 Å². The lowest BCUT2D eigenvalue weighted by atomic mass is 10.1. The molecule has 1 aliphatic carbocycles. The van der Waals surface area contributed by atoms with Crippen molar-refractivity contribution in [2.24, 2.45) is 0 Å². The first-order valence-electron chi connectivity index (χ1n) is 6.52. The summed E-state index contributed by atoms with van der Waals surface area (Å²) in [6.45, 7) is 0. The molecular formula is C15H17NOS2. The lowest BCUT2D eigenvalue weighted by Crippen LogP contribution is -1.89. The molecule has 1 aromatic carbocycles. The Hall–Kier alpha value is -1.00. The summed E-state index contributed by atoms with van der Waals surface area (Å²) in [4.78, 5) is 6.18. The van der Waals surface area contributed by atoms with E-state index in [4.69, 9.17) is 9.72 Å². The molecule has 0 atom stereocenters. The summed E-state index contributed by atoms with van der Waals surface area (Å²) in [6.07, 6.45) is 3.50. The van der Waals surface area contributed by atoms with Crippen LogP contribution in [0.3, 0.4) is 0 Å². The topological polar surface area (TPSA) is 22.1 Å². The van der Waals surface area contributed by atoms with E-state index < -0.39 is 0 Å². The van der Waals surface area contributed by atoms with E-state index in [0.29, 0.717) is 5.92 Å². The van der Waals surface area contributed by atoms with Gasteiger partial charge in [-0.05, 0) is 30.5 Å². The maximum Gasteiger partial charge on any atom is 0.118 e. The molecule has 3 rings (SSSR count). The summed E-state index contributed by atoms with van der Waals surface area (Å²) < 4.78 is 5.18. The molecule has 19 heavy (non-hydrogen) atoms. The van der Waals surface area contributed by atoms with Crippen LogP contribution in [0.1, 0.15) is 39.9 Å². The van der Waals surface area contributed by atoms with Crippen molar-refractivity contribution in [1.82, 2.24) is 4.98 Å². The lowest BCUT2D eigenvalue weighted by Gasteiger charge is -2.01. The van der Waals surface area contributed by atoms with Crippen molar-refractivity contribution in [3.05, 3.63) is 45.4 Å². The highest BCUT2D eigenvalue weighted by molar-refractivity contribution is 7.79. The number of methoxy groups -OCH3 is 1. The molecule has 0 amide bonds. The third-order valence-corrected chi connectivity index (χ3v) is 5.00. The Morgan fingerprint density at radius 3 is 2.63 bits per heavy atom. The van der Waals surface area contributed by atoms with E-state index in [1.165, 1.54) is 34.0 Å². The van der Waals surface area contributed by atoms with Crippen molar-refractivity contribution < 1.29 is 4.74 Å². The van der Waals surface area contributed by atoms with E-state index in [1.54, 1.807) is 7.11 Å². The van der Waals surface area contributed by atoms with Crippen LogP contribution >= 0.6 is 24.0 Å². The lowest BCUT2D eigenvalue weighted by molar-refractivity contribution is 0.414. The average Bonchev–Trinajstić information content (AvgIpc) is 3.21. The third-order valence-electron chi connectivity index (χ3n) is 3.39. The van der Waals surface area contributed by atoms with Gasteiger partial charge < -0.3 is 4.74 Å². The van der Waals surface area contributed by atoms with E-state index in [1.807, 2.05) is 23.5 Å². The summed E-state index contributed by atoms with van der Waals surface area (Å²) >= 11 is 6.24. The Morgan fingerprint density at radius 1 is 1.32 bits per heavy atom. The number of benzene rings is 1. The molecule has 1 aromatic heterocycles. The van der Waals surface area contributed by atoms with Crippen LogP contribution in [-0.2, 0) is 12.2 Å². The zero-order valence-electron chi connectivity index (χ0n) is 10.9. The molecule has 0 unspecified atom stereocenters. The maximum atomic E-state index is 5.18. The highest BCUT2D eigenvalue weighted by atomic mass is 32.1. The van der Waals surface area contributed by atoms with E-state index in [9.17, 15) is 0 Å². The zero-order valence-corrected chi connectivity index (χ0v) is 12.6. The molecule has 2 aromatic rings. The predicted octanol–water partition coefficient (Wildman–Crippen LogP) is 4.05. The van der Waals surface area contributed by atoms with Gasteiger partial charge in [-0.25, -0.2) is 4.98 Å². The summed E-state index contributed by atoms with van der Waals surface area (Å²) in [6, 6.07) is 8.23. The Morgan fingerprint density at radius 2 is 2.05 bits per heavy atom. The molecule has 1 fully saturated rings. The minimum absolute atomic E-state index is 0.711. The van der Waals surface area contributed by atoms with E-state index >= 15 is 0 Å². The van der Waals surface area contributed by atoms with E-state index in [2.05, 4.69) is 24.8 Å². The molecule has 4 heteroatoms. The van der Waals surface area contributed by atoms with Crippen LogP contribution in [0, 0.1) is 0 Å². The van der Waals surface area contributed by atoms with Gasteiger partial charge in [0.2, 0.25) is 0 Å². The molecule has 0 saturated heterocycles. The van der Waals surface area contributed by atoms with Crippen molar-refractivity contribution in [3.8, 4) is 5.75 Å². The van der Waals surface area contributed by atoms with Gasteiger partial charge in [0.15, 0.2) is 0 Å². The van der Waals surface area contributed by atoms with Crippen molar-refractivity contribution >= 4 is 24.0 Å². The molecule has 0 radical (unpaired) electrons. The average molecular weight is 291 g/mol. The third kappa shape index (κ3) is 2.95. The largest absolute Gasteiger partial charge is 0.497 e. The van der Waals surface area contributed by atoms with Crippen molar-refractivity contribution in [2.75, 3.05) is 7.11 Å². The molecule has 1 heterocycles. The molecule has 2 nitrogen and oxygen atoms in total. The Labute approximate surface area is 123 Å². The molecular weight excluding hydrogens is 274 g/mol. The van der Waals surface area contributed by atoms with Crippen molar-refractivity contribution in [1.29, 1.82) is 0 Å². The second kappa shape index (κ2) is 5.55. The number of hydrogen-bond donors (Lipinski definition) is 1. The fourth-order valence-electron chi connectivity index (χ4n) is 2.20. The minimum atomic E-state index is 0.711. The predicted molar refractivity (Wildman–Crippen MR) is 82.6 cm³/mol. The number of aromatic nitrogens is 1. The summed E-state index contributed by atoms with van der Waals surface area (Å²) in [5.41, 5.74) is 2.59. The summed E-state index contributed by atoms with van der Waals surface area (Å²) in [5, 5.41) is 1.20. The first-order chi connectivity index (χ1) is 9.30. The molecule has 0 bridgehead atoms. The van der Waals surface area contributed by atoms with Gasteiger partial charge in [0.05, 0.1) is 17.8 Å². The molecule has 100 valence electrons. The fraction of sp³-hybridized carbons (Fsp3) is 0.400. The maximum absolute atomic E-state index is 5.18. The van der Waals surface area contributed by atoms with Crippen LogP contribution in [0.5, 0.6) is 5.75 Å². The van der Waals surface area contributed by atoms with Crippen molar-refractivity contribution in [2.45, 2.75) is 30.9 Å². The van der Waals surface area contributed by atoms with Crippen LogP contribution in [0.2, 0.25) is 0 Å². The highest BCUT2D eigenvalue weighted by Gasteiger charge is 2.29. The SMILES string of the molecule is COc1ccc(Cc2nc(C3CC3)c(CS)s2)cc1. The van der Waals surface area contributed by atoms with Gasteiger partial charge in [-0.3, -0.25) is 0 Å². The molecule has 0 aliphatic heterocycles. The molecule has 0 spiro atoms. The summed E-state index contributed by atoms with van der Waals surface area (Å²) in [5.74, 6) is 2.42. The molecule has 1 aliphatic rings. The monoisotopic (exact) mass is 291 g/mol.